The zero-order valence-corrected chi connectivity index (χ0v) is 11.8. The van der Waals surface area contributed by atoms with Crippen LogP contribution in [0.15, 0.2) is 12.1 Å². The van der Waals surface area contributed by atoms with Crippen molar-refractivity contribution >= 4 is 27.3 Å². The van der Waals surface area contributed by atoms with Crippen LogP contribution in [0.3, 0.4) is 0 Å². The first-order chi connectivity index (χ1) is 7.28. The van der Waals surface area contributed by atoms with E-state index < -0.39 is 0 Å². The molecule has 0 spiro atoms. The highest BCUT2D eigenvalue weighted by atomic mass is 79.9. The topological polar surface area (TPSA) is 0 Å². The van der Waals surface area contributed by atoms with Crippen molar-refractivity contribution in [2.75, 3.05) is 5.33 Å². The average molecular weight is 287 g/mol. The summed E-state index contributed by atoms with van der Waals surface area (Å²) >= 11 is 5.73. The minimum atomic E-state index is 0.579. The fourth-order valence-corrected chi connectivity index (χ4v) is 4.45. The summed E-state index contributed by atoms with van der Waals surface area (Å²) in [5, 5.41) is 1.18. The van der Waals surface area contributed by atoms with Crippen LogP contribution in [0.25, 0.3) is 0 Å². The van der Waals surface area contributed by atoms with Crippen LogP contribution in [0, 0.1) is 5.41 Å². The molecule has 1 aliphatic carbocycles. The molecule has 0 amide bonds. The molecule has 1 aliphatic rings. The van der Waals surface area contributed by atoms with Gasteiger partial charge in [-0.25, -0.2) is 0 Å². The van der Waals surface area contributed by atoms with Gasteiger partial charge in [-0.05, 0) is 43.2 Å². The van der Waals surface area contributed by atoms with Gasteiger partial charge in [0, 0.05) is 15.1 Å². The number of hydrogen-bond acceptors (Lipinski definition) is 1. The van der Waals surface area contributed by atoms with Gasteiger partial charge in [-0.2, -0.15) is 0 Å². The Bertz CT molecular complexity index is 310. The first kappa shape index (κ1) is 11.7. The van der Waals surface area contributed by atoms with Crippen molar-refractivity contribution in [3.63, 3.8) is 0 Å². The molecular formula is C13H19BrS. The van der Waals surface area contributed by atoms with Crippen LogP contribution in [0.5, 0.6) is 0 Å². The van der Waals surface area contributed by atoms with E-state index in [4.69, 9.17) is 0 Å². The Balaban J connectivity index is 2.05. The maximum Gasteiger partial charge on any atom is 0.00914 e. The first-order valence-corrected chi connectivity index (χ1v) is 7.85. The van der Waals surface area contributed by atoms with E-state index >= 15 is 0 Å². The molecule has 2 heteroatoms. The molecule has 1 fully saturated rings. The predicted octanol–water partition coefficient (Wildman–Crippen LogP) is 4.81. The van der Waals surface area contributed by atoms with Crippen molar-refractivity contribution in [1.82, 2.24) is 0 Å². The Morgan fingerprint density at radius 3 is 2.47 bits per heavy atom. The second-order valence-electron chi connectivity index (χ2n) is 4.74. The molecule has 0 atom stereocenters. The highest BCUT2D eigenvalue weighted by Crippen LogP contribution is 2.43. The highest BCUT2D eigenvalue weighted by Gasteiger charge is 2.33. The summed E-state index contributed by atoms with van der Waals surface area (Å²) in [6, 6.07) is 4.64. The van der Waals surface area contributed by atoms with Crippen LogP contribution in [0.4, 0.5) is 0 Å². The first-order valence-electron chi connectivity index (χ1n) is 5.91. The van der Waals surface area contributed by atoms with Gasteiger partial charge in [0.1, 0.15) is 0 Å². The van der Waals surface area contributed by atoms with Gasteiger partial charge in [0.2, 0.25) is 0 Å². The normalized spacial score (nSPS) is 19.6. The number of alkyl halides is 1. The Morgan fingerprint density at radius 1 is 1.27 bits per heavy atom. The number of rotatable bonds is 4. The van der Waals surface area contributed by atoms with E-state index in [9.17, 15) is 0 Å². The van der Waals surface area contributed by atoms with E-state index in [0.717, 1.165) is 0 Å². The SMILES string of the molecule is CCc1ccc(CC2(CBr)CCCC2)s1. The van der Waals surface area contributed by atoms with E-state index in [0.29, 0.717) is 5.41 Å². The van der Waals surface area contributed by atoms with E-state index in [1.807, 2.05) is 11.3 Å². The predicted molar refractivity (Wildman–Crippen MR) is 72.1 cm³/mol. The maximum atomic E-state index is 3.72. The summed E-state index contributed by atoms with van der Waals surface area (Å²) in [6.45, 7) is 2.24. The van der Waals surface area contributed by atoms with Crippen LogP contribution in [-0.4, -0.2) is 5.33 Å². The lowest BCUT2D eigenvalue weighted by atomic mass is 9.84. The van der Waals surface area contributed by atoms with Crippen LogP contribution in [0.2, 0.25) is 0 Å². The van der Waals surface area contributed by atoms with E-state index in [1.165, 1.54) is 48.7 Å². The van der Waals surface area contributed by atoms with Crippen LogP contribution >= 0.6 is 27.3 Å². The third-order valence-corrected chi connectivity index (χ3v) is 5.98. The van der Waals surface area contributed by atoms with Crippen molar-refractivity contribution in [2.45, 2.75) is 45.4 Å². The summed E-state index contributed by atoms with van der Waals surface area (Å²) in [7, 11) is 0. The Hall–Kier alpha value is 0.180. The Labute approximate surface area is 105 Å². The standard InChI is InChI=1S/C13H19BrS/c1-2-11-5-6-12(15-11)9-13(10-14)7-3-4-8-13/h5-6H,2-4,7-10H2,1H3. The molecule has 0 N–H and O–H groups in total. The van der Waals surface area contributed by atoms with Gasteiger partial charge in [0.05, 0.1) is 0 Å². The largest absolute Gasteiger partial charge is 0.145 e. The molecule has 0 nitrogen and oxygen atoms in total. The molecule has 1 aromatic rings. The summed E-state index contributed by atoms with van der Waals surface area (Å²) in [5.74, 6) is 0. The van der Waals surface area contributed by atoms with E-state index in [1.54, 1.807) is 4.88 Å². The molecule has 84 valence electrons. The van der Waals surface area contributed by atoms with Gasteiger partial charge in [0.15, 0.2) is 0 Å². The van der Waals surface area contributed by atoms with Gasteiger partial charge in [0.25, 0.3) is 0 Å². The maximum absolute atomic E-state index is 3.72. The van der Waals surface area contributed by atoms with Gasteiger partial charge in [-0.1, -0.05) is 35.7 Å². The molecule has 0 unspecified atom stereocenters. The monoisotopic (exact) mass is 286 g/mol. The van der Waals surface area contributed by atoms with Crippen molar-refractivity contribution < 1.29 is 0 Å². The quantitative estimate of drug-likeness (QED) is 0.697. The second-order valence-corrected chi connectivity index (χ2v) is 6.55. The zero-order valence-electron chi connectivity index (χ0n) is 9.39. The summed E-state index contributed by atoms with van der Waals surface area (Å²) in [6.07, 6.45) is 8.17. The zero-order chi connectivity index (χ0) is 10.7. The highest BCUT2D eigenvalue weighted by molar-refractivity contribution is 9.09. The van der Waals surface area contributed by atoms with Gasteiger partial charge < -0.3 is 0 Å². The van der Waals surface area contributed by atoms with Crippen molar-refractivity contribution in [1.29, 1.82) is 0 Å². The fraction of sp³-hybridized carbons (Fsp3) is 0.692. The number of aryl methyl sites for hydroxylation is 1. The summed E-state index contributed by atoms with van der Waals surface area (Å²) in [4.78, 5) is 3.13. The lowest BCUT2D eigenvalue weighted by Gasteiger charge is -2.25. The van der Waals surface area contributed by atoms with Gasteiger partial charge >= 0.3 is 0 Å². The molecule has 15 heavy (non-hydrogen) atoms. The summed E-state index contributed by atoms with van der Waals surface area (Å²) < 4.78 is 0. The average Bonchev–Trinajstić information content (AvgIpc) is 2.88. The van der Waals surface area contributed by atoms with Gasteiger partial charge in [-0.15, -0.1) is 11.3 Å². The van der Waals surface area contributed by atoms with Crippen molar-refractivity contribution in [2.24, 2.45) is 5.41 Å². The van der Waals surface area contributed by atoms with Crippen LogP contribution < -0.4 is 0 Å². The second kappa shape index (κ2) is 5.01. The number of thiophene rings is 1. The number of halogens is 1. The van der Waals surface area contributed by atoms with E-state index in [-0.39, 0.29) is 0 Å². The molecule has 1 aromatic heterocycles. The van der Waals surface area contributed by atoms with Crippen LogP contribution in [-0.2, 0) is 12.8 Å². The van der Waals surface area contributed by atoms with Crippen molar-refractivity contribution in [3.05, 3.63) is 21.9 Å². The molecule has 2 rings (SSSR count). The molecule has 0 radical (unpaired) electrons. The molecule has 0 saturated heterocycles. The minimum Gasteiger partial charge on any atom is -0.145 e. The van der Waals surface area contributed by atoms with Crippen LogP contribution in [0.1, 0.15) is 42.4 Å². The lowest BCUT2D eigenvalue weighted by molar-refractivity contribution is 0.349. The van der Waals surface area contributed by atoms with Crippen molar-refractivity contribution in [3.8, 4) is 0 Å². The third kappa shape index (κ3) is 2.65. The minimum absolute atomic E-state index is 0.579. The third-order valence-electron chi connectivity index (χ3n) is 3.56. The number of hydrogen-bond donors (Lipinski definition) is 0. The molecule has 0 aromatic carbocycles. The van der Waals surface area contributed by atoms with Gasteiger partial charge in [-0.3, -0.25) is 0 Å². The molecule has 1 heterocycles. The fourth-order valence-electron chi connectivity index (χ4n) is 2.56. The Kier molecular flexibility index (Phi) is 3.89. The molecule has 0 aliphatic heterocycles. The van der Waals surface area contributed by atoms with E-state index in [2.05, 4.69) is 35.0 Å². The smallest absolute Gasteiger partial charge is 0.00914 e. The summed E-state index contributed by atoms with van der Waals surface area (Å²) in [5.41, 5.74) is 0.579. The molecular weight excluding hydrogens is 268 g/mol. The molecule has 1 saturated carbocycles. The Morgan fingerprint density at radius 2 is 1.93 bits per heavy atom. The molecule has 0 bridgehead atoms. The lowest BCUT2D eigenvalue weighted by Crippen LogP contribution is -2.20.